The van der Waals surface area contributed by atoms with Crippen LogP contribution in [-0.4, -0.2) is 30.2 Å². The lowest BCUT2D eigenvalue weighted by Crippen LogP contribution is -2.29. The molecule has 0 saturated heterocycles. The Kier molecular flexibility index (Phi) is 6.65. The van der Waals surface area contributed by atoms with Crippen molar-refractivity contribution in [3.8, 4) is 0 Å². The van der Waals surface area contributed by atoms with E-state index in [-0.39, 0.29) is 17.9 Å². The molecular weight excluding hydrogens is 378 g/mol. The van der Waals surface area contributed by atoms with Crippen LogP contribution in [0.15, 0.2) is 42.5 Å². The maximum atomic E-state index is 12.7. The third-order valence-electron chi connectivity index (χ3n) is 5.42. The Morgan fingerprint density at radius 2 is 1.83 bits per heavy atom. The van der Waals surface area contributed by atoms with Gasteiger partial charge in [0.05, 0.1) is 17.3 Å². The maximum Gasteiger partial charge on any atom is 0.323 e. The highest BCUT2D eigenvalue weighted by atomic mass is 16.4. The Labute approximate surface area is 178 Å². The van der Waals surface area contributed by atoms with Crippen LogP contribution in [0.1, 0.15) is 44.2 Å². The van der Waals surface area contributed by atoms with Crippen LogP contribution in [0.4, 0.5) is 21.9 Å². The highest BCUT2D eigenvalue weighted by molar-refractivity contribution is 6.02. The summed E-state index contributed by atoms with van der Waals surface area (Å²) in [5.74, 6) is -0.607. The molecule has 2 atom stereocenters. The zero-order valence-electron chi connectivity index (χ0n) is 18.1. The molecule has 1 aliphatic carbocycles. The van der Waals surface area contributed by atoms with Crippen molar-refractivity contribution in [2.24, 2.45) is 11.8 Å². The summed E-state index contributed by atoms with van der Waals surface area (Å²) >= 11 is 0. The molecule has 0 bridgehead atoms. The number of rotatable bonds is 8. The molecule has 1 saturated carbocycles. The van der Waals surface area contributed by atoms with Gasteiger partial charge in [0.25, 0.3) is 0 Å². The third kappa shape index (κ3) is 5.32. The van der Waals surface area contributed by atoms with Crippen molar-refractivity contribution in [2.75, 3.05) is 28.6 Å². The molecule has 3 rings (SSSR count). The van der Waals surface area contributed by atoms with Gasteiger partial charge in [-0.25, -0.2) is 4.79 Å². The Morgan fingerprint density at radius 3 is 2.40 bits per heavy atom. The van der Waals surface area contributed by atoms with Crippen molar-refractivity contribution in [3.05, 3.63) is 53.6 Å². The molecular formula is C24H31N3O3. The van der Waals surface area contributed by atoms with Gasteiger partial charge in [0.2, 0.25) is 0 Å². The van der Waals surface area contributed by atoms with E-state index in [0.29, 0.717) is 18.0 Å². The largest absolute Gasteiger partial charge is 0.481 e. The van der Waals surface area contributed by atoms with E-state index in [1.54, 1.807) is 0 Å². The summed E-state index contributed by atoms with van der Waals surface area (Å²) in [5, 5.41) is 15.1. The lowest BCUT2D eigenvalue weighted by molar-refractivity contribution is -0.138. The van der Waals surface area contributed by atoms with Gasteiger partial charge in [0.15, 0.2) is 0 Å². The predicted octanol–water partition coefficient (Wildman–Crippen LogP) is 5.31. The van der Waals surface area contributed by atoms with Gasteiger partial charge in [-0.1, -0.05) is 37.6 Å². The molecule has 6 nitrogen and oxygen atoms in total. The maximum absolute atomic E-state index is 12.7. The molecule has 3 N–H and O–H groups in total. The second-order valence-electron chi connectivity index (χ2n) is 8.44. The van der Waals surface area contributed by atoms with E-state index in [0.717, 1.165) is 35.6 Å². The number of hydrogen-bond acceptors (Lipinski definition) is 3. The summed E-state index contributed by atoms with van der Waals surface area (Å²) in [6, 6.07) is 13.2. The number of urea groups is 1. The topological polar surface area (TPSA) is 81.7 Å². The number of carboxylic acid groups (broad SMARTS) is 1. The number of anilines is 3. The molecule has 2 aromatic carbocycles. The zero-order chi connectivity index (χ0) is 21.8. The molecule has 160 valence electrons. The van der Waals surface area contributed by atoms with Crippen molar-refractivity contribution in [1.82, 2.24) is 0 Å². The number of hydrogen-bond donors (Lipinski definition) is 3. The molecule has 30 heavy (non-hydrogen) atoms. The van der Waals surface area contributed by atoms with Gasteiger partial charge in [-0.05, 0) is 61.9 Å². The summed E-state index contributed by atoms with van der Waals surface area (Å²) < 4.78 is 0. The van der Waals surface area contributed by atoms with Crippen LogP contribution in [-0.2, 0) is 4.79 Å². The minimum Gasteiger partial charge on any atom is -0.481 e. The molecule has 1 aliphatic rings. The van der Waals surface area contributed by atoms with Crippen LogP contribution in [0.2, 0.25) is 0 Å². The van der Waals surface area contributed by atoms with Gasteiger partial charge in [-0.2, -0.15) is 0 Å². The van der Waals surface area contributed by atoms with Crippen LogP contribution >= 0.6 is 0 Å². The summed E-state index contributed by atoms with van der Waals surface area (Å²) in [4.78, 5) is 26.2. The van der Waals surface area contributed by atoms with E-state index < -0.39 is 5.97 Å². The number of amides is 2. The van der Waals surface area contributed by atoms with Crippen LogP contribution in [0.25, 0.3) is 0 Å². The molecule has 0 unspecified atom stereocenters. The van der Waals surface area contributed by atoms with Gasteiger partial charge in [-0.15, -0.1) is 0 Å². The number of aryl methyl sites for hydroxylation is 1. The van der Waals surface area contributed by atoms with Gasteiger partial charge < -0.3 is 20.6 Å². The number of nitrogens with one attached hydrogen (secondary N) is 2. The highest BCUT2D eigenvalue weighted by Crippen LogP contribution is 2.48. The first kappa shape index (κ1) is 21.7. The van der Waals surface area contributed by atoms with E-state index in [2.05, 4.69) is 36.3 Å². The monoisotopic (exact) mass is 409 g/mol. The predicted molar refractivity (Wildman–Crippen MR) is 121 cm³/mol. The van der Waals surface area contributed by atoms with E-state index in [1.165, 1.54) is 0 Å². The van der Waals surface area contributed by atoms with E-state index in [1.807, 2.05) is 49.4 Å². The smallest absolute Gasteiger partial charge is 0.323 e. The number of benzene rings is 2. The average molecular weight is 410 g/mol. The van der Waals surface area contributed by atoms with Gasteiger partial charge >= 0.3 is 12.0 Å². The Morgan fingerprint density at radius 1 is 1.13 bits per heavy atom. The van der Waals surface area contributed by atoms with E-state index in [9.17, 15) is 14.7 Å². The van der Waals surface area contributed by atoms with E-state index in [4.69, 9.17) is 0 Å². The SMILES string of the molecule is CCN(CC(C)C)c1ccc([C@H]2C[C@H]2C(=O)O)cc1NC(=O)Nc1ccc(C)cc1. The molecule has 0 spiro atoms. The lowest BCUT2D eigenvalue weighted by atomic mass is 10.1. The average Bonchev–Trinajstić information content (AvgIpc) is 3.49. The number of carbonyl (C=O) groups is 2. The zero-order valence-corrected chi connectivity index (χ0v) is 18.1. The Balaban J connectivity index is 1.84. The Hall–Kier alpha value is -3.02. The number of nitrogens with zero attached hydrogens (tertiary/aromatic N) is 1. The van der Waals surface area contributed by atoms with Crippen molar-refractivity contribution >= 4 is 29.1 Å². The van der Waals surface area contributed by atoms with Crippen LogP contribution in [0.3, 0.4) is 0 Å². The molecule has 0 aromatic heterocycles. The van der Waals surface area contributed by atoms with Gasteiger partial charge in [0, 0.05) is 18.8 Å². The fourth-order valence-corrected chi connectivity index (χ4v) is 3.76. The van der Waals surface area contributed by atoms with Gasteiger partial charge in [-0.3, -0.25) is 4.79 Å². The summed E-state index contributed by atoms with van der Waals surface area (Å²) in [7, 11) is 0. The first-order chi connectivity index (χ1) is 14.3. The van der Waals surface area contributed by atoms with Crippen molar-refractivity contribution in [1.29, 1.82) is 0 Å². The Bertz CT molecular complexity index is 908. The summed E-state index contributed by atoms with van der Waals surface area (Å²) in [6.45, 7) is 10.1. The van der Waals surface area contributed by atoms with Crippen LogP contribution in [0.5, 0.6) is 0 Å². The van der Waals surface area contributed by atoms with Crippen LogP contribution < -0.4 is 15.5 Å². The summed E-state index contributed by atoms with van der Waals surface area (Å²) in [6.07, 6.45) is 0.646. The van der Waals surface area contributed by atoms with Crippen molar-refractivity contribution in [3.63, 3.8) is 0 Å². The van der Waals surface area contributed by atoms with Crippen molar-refractivity contribution in [2.45, 2.75) is 40.0 Å². The standard InChI is InChI=1S/C24H31N3O3/c1-5-27(14-15(2)3)22-11-8-17(19-13-20(19)23(28)29)12-21(22)26-24(30)25-18-9-6-16(4)7-10-18/h6-12,15,19-20H,5,13-14H2,1-4H3,(H,28,29)(H2,25,26,30)/t19-,20-/m1/s1. The summed E-state index contributed by atoms with van der Waals surface area (Å²) in [5.41, 5.74) is 4.45. The normalized spacial score (nSPS) is 17.5. The molecule has 1 fully saturated rings. The minimum atomic E-state index is -0.759. The molecule has 0 heterocycles. The highest BCUT2D eigenvalue weighted by Gasteiger charge is 2.44. The molecule has 6 heteroatoms. The fourth-order valence-electron chi connectivity index (χ4n) is 3.76. The third-order valence-corrected chi connectivity index (χ3v) is 5.42. The molecule has 2 aromatic rings. The van der Waals surface area contributed by atoms with E-state index >= 15 is 0 Å². The fraction of sp³-hybridized carbons (Fsp3) is 0.417. The lowest BCUT2D eigenvalue weighted by Gasteiger charge is -2.28. The number of aliphatic carboxylic acids is 1. The minimum absolute atomic E-state index is 0.0115. The molecule has 0 radical (unpaired) electrons. The second kappa shape index (κ2) is 9.20. The molecule has 0 aliphatic heterocycles. The van der Waals surface area contributed by atoms with Crippen molar-refractivity contribution < 1.29 is 14.7 Å². The van der Waals surface area contributed by atoms with Gasteiger partial charge in [0.1, 0.15) is 0 Å². The first-order valence-corrected chi connectivity index (χ1v) is 10.5. The first-order valence-electron chi connectivity index (χ1n) is 10.5. The molecule has 2 amide bonds. The second-order valence-corrected chi connectivity index (χ2v) is 8.44. The number of carboxylic acids is 1. The quantitative estimate of drug-likeness (QED) is 0.552. The van der Waals surface area contributed by atoms with Crippen LogP contribution in [0, 0.1) is 18.8 Å². The number of carbonyl (C=O) groups excluding carboxylic acids is 1.